The molecule has 23 heavy (non-hydrogen) atoms. The van der Waals surface area contributed by atoms with Gasteiger partial charge in [0.15, 0.2) is 0 Å². The van der Waals surface area contributed by atoms with E-state index in [9.17, 15) is 0 Å². The van der Waals surface area contributed by atoms with Crippen molar-refractivity contribution in [2.24, 2.45) is 0 Å². The normalized spacial score (nSPS) is 12.5. The highest BCUT2D eigenvalue weighted by molar-refractivity contribution is 7.99. The molecule has 0 bridgehead atoms. The average molecular weight is 371 g/mol. The third-order valence-corrected chi connectivity index (χ3v) is 5.76. The second-order valence-electron chi connectivity index (χ2n) is 5.78. The highest BCUT2D eigenvalue weighted by Gasteiger charge is 2.12. The van der Waals surface area contributed by atoms with Gasteiger partial charge in [-0.25, -0.2) is 4.98 Å². The minimum Gasteiger partial charge on any atom is -0.336 e. The standard InChI is InChI=1S/C18H24Cl2N2S/c1-2-3-4-5-6-17(12-22-10-9-21-14-22)23-13-15-7-8-16(19)11-18(15)20/h7-11,14,17H,2-6,12-13H2,1H3. The lowest BCUT2D eigenvalue weighted by atomic mass is 10.1. The van der Waals surface area contributed by atoms with Gasteiger partial charge in [-0.2, -0.15) is 11.8 Å². The quantitative estimate of drug-likeness (QED) is 0.446. The Morgan fingerprint density at radius 1 is 1.22 bits per heavy atom. The molecule has 1 heterocycles. The van der Waals surface area contributed by atoms with Crippen molar-refractivity contribution in [3.63, 3.8) is 0 Å². The number of imidazole rings is 1. The highest BCUT2D eigenvalue weighted by Crippen LogP contribution is 2.29. The van der Waals surface area contributed by atoms with E-state index in [0.717, 1.165) is 22.9 Å². The molecule has 5 heteroatoms. The van der Waals surface area contributed by atoms with Crippen molar-refractivity contribution >= 4 is 35.0 Å². The Bertz CT molecular complexity index is 572. The number of hydrogen-bond acceptors (Lipinski definition) is 2. The van der Waals surface area contributed by atoms with Crippen LogP contribution in [0.3, 0.4) is 0 Å². The second-order valence-corrected chi connectivity index (χ2v) is 7.91. The van der Waals surface area contributed by atoms with Gasteiger partial charge in [0.25, 0.3) is 0 Å². The van der Waals surface area contributed by atoms with E-state index in [0.29, 0.717) is 10.3 Å². The summed E-state index contributed by atoms with van der Waals surface area (Å²) in [6, 6.07) is 5.77. The molecule has 1 unspecified atom stereocenters. The van der Waals surface area contributed by atoms with Crippen LogP contribution in [0.1, 0.15) is 44.6 Å². The molecule has 0 saturated heterocycles. The Morgan fingerprint density at radius 3 is 2.78 bits per heavy atom. The van der Waals surface area contributed by atoms with Gasteiger partial charge in [0.1, 0.15) is 0 Å². The smallest absolute Gasteiger partial charge is 0.0946 e. The molecule has 0 saturated carbocycles. The van der Waals surface area contributed by atoms with E-state index < -0.39 is 0 Å². The van der Waals surface area contributed by atoms with Gasteiger partial charge in [-0.15, -0.1) is 0 Å². The maximum Gasteiger partial charge on any atom is 0.0946 e. The number of thioether (sulfide) groups is 1. The monoisotopic (exact) mass is 370 g/mol. The van der Waals surface area contributed by atoms with Crippen molar-refractivity contribution in [3.05, 3.63) is 52.5 Å². The molecule has 0 spiro atoms. The zero-order chi connectivity index (χ0) is 16.5. The highest BCUT2D eigenvalue weighted by atomic mass is 35.5. The molecule has 1 aromatic heterocycles. The van der Waals surface area contributed by atoms with Gasteiger partial charge in [0, 0.05) is 40.0 Å². The average Bonchev–Trinajstić information content (AvgIpc) is 3.03. The van der Waals surface area contributed by atoms with Crippen LogP contribution in [-0.4, -0.2) is 14.8 Å². The first-order chi connectivity index (χ1) is 11.2. The van der Waals surface area contributed by atoms with Crippen LogP contribution in [-0.2, 0) is 12.3 Å². The van der Waals surface area contributed by atoms with E-state index in [4.69, 9.17) is 23.2 Å². The molecule has 0 radical (unpaired) electrons. The van der Waals surface area contributed by atoms with Crippen molar-refractivity contribution < 1.29 is 0 Å². The van der Waals surface area contributed by atoms with Crippen molar-refractivity contribution in [1.82, 2.24) is 9.55 Å². The Kier molecular flexibility index (Phi) is 8.35. The summed E-state index contributed by atoms with van der Waals surface area (Å²) in [6.45, 7) is 3.25. The molecule has 1 atom stereocenters. The Labute approximate surface area is 153 Å². The molecule has 0 aliphatic rings. The molecule has 126 valence electrons. The number of benzene rings is 1. The molecule has 2 nitrogen and oxygen atoms in total. The van der Waals surface area contributed by atoms with Crippen LogP contribution in [0, 0.1) is 0 Å². The van der Waals surface area contributed by atoms with Crippen LogP contribution in [0.4, 0.5) is 0 Å². The summed E-state index contributed by atoms with van der Waals surface area (Å²) in [5.74, 6) is 0.920. The fourth-order valence-electron chi connectivity index (χ4n) is 2.50. The topological polar surface area (TPSA) is 17.8 Å². The van der Waals surface area contributed by atoms with Gasteiger partial charge >= 0.3 is 0 Å². The Morgan fingerprint density at radius 2 is 2.09 bits per heavy atom. The zero-order valence-corrected chi connectivity index (χ0v) is 15.9. The SMILES string of the molecule is CCCCCCC(Cn1ccnc1)SCc1ccc(Cl)cc1Cl. The first kappa shape index (κ1) is 18.7. The first-order valence-corrected chi connectivity index (χ1v) is 10.0. The van der Waals surface area contributed by atoms with E-state index in [-0.39, 0.29) is 0 Å². The molecular weight excluding hydrogens is 347 g/mol. The van der Waals surface area contributed by atoms with Crippen LogP contribution in [0.5, 0.6) is 0 Å². The number of aromatic nitrogens is 2. The van der Waals surface area contributed by atoms with Crippen molar-refractivity contribution in [3.8, 4) is 0 Å². The maximum absolute atomic E-state index is 6.29. The van der Waals surface area contributed by atoms with Crippen LogP contribution in [0.15, 0.2) is 36.9 Å². The third-order valence-electron chi connectivity index (χ3n) is 3.84. The second kappa shape index (κ2) is 10.3. The summed E-state index contributed by atoms with van der Waals surface area (Å²) < 4.78 is 2.17. The molecular formula is C18H24Cl2N2S. The molecule has 2 rings (SSSR count). The zero-order valence-electron chi connectivity index (χ0n) is 13.5. The largest absolute Gasteiger partial charge is 0.336 e. The predicted molar refractivity (Wildman–Crippen MR) is 103 cm³/mol. The van der Waals surface area contributed by atoms with Crippen LogP contribution < -0.4 is 0 Å². The van der Waals surface area contributed by atoms with Crippen molar-refractivity contribution in [2.75, 3.05) is 0 Å². The van der Waals surface area contributed by atoms with E-state index in [1.165, 1.54) is 32.1 Å². The molecule has 1 aromatic carbocycles. The van der Waals surface area contributed by atoms with E-state index >= 15 is 0 Å². The minimum atomic E-state index is 0.577. The molecule has 0 N–H and O–H groups in total. The van der Waals surface area contributed by atoms with Gasteiger partial charge in [-0.05, 0) is 24.1 Å². The third kappa shape index (κ3) is 6.78. The lowest BCUT2D eigenvalue weighted by molar-refractivity contribution is 0.569. The van der Waals surface area contributed by atoms with Gasteiger partial charge in [0.05, 0.1) is 6.33 Å². The fraction of sp³-hybridized carbons (Fsp3) is 0.500. The van der Waals surface area contributed by atoms with E-state index in [1.54, 1.807) is 0 Å². The van der Waals surface area contributed by atoms with Crippen LogP contribution in [0.25, 0.3) is 0 Å². The van der Waals surface area contributed by atoms with E-state index in [1.807, 2.05) is 48.7 Å². The minimum absolute atomic E-state index is 0.577. The lowest BCUT2D eigenvalue weighted by Crippen LogP contribution is -2.12. The summed E-state index contributed by atoms with van der Waals surface area (Å²) >= 11 is 14.2. The van der Waals surface area contributed by atoms with Gasteiger partial charge in [-0.3, -0.25) is 0 Å². The molecule has 0 fully saturated rings. The Balaban J connectivity index is 1.90. The fourth-order valence-corrected chi connectivity index (χ4v) is 4.33. The lowest BCUT2D eigenvalue weighted by Gasteiger charge is -2.17. The summed E-state index contributed by atoms with van der Waals surface area (Å²) in [4.78, 5) is 4.14. The van der Waals surface area contributed by atoms with Crippen LogP contribution in [0.2, 0.25) is 10.0 Å². The molecule has 0 aliphatic heterocycles. The van der Waals surface area contributed by atoms with Gasteiger partial charge in [-0.1, -0.05) is 61.9 Å². The van der Waals surface area contributed by atoms with Crippen molar-refractivity contribution in [1.29, 1.82) is 0 Å². The first-order valence-electron chi connectivity index (χ1n) is 8.20. The van der Waals surface area contributed by atoms with Crippen LogP contribution >= 0.6 is 35.0 Å². The number of rotatable bonds is 10. The number of hydrogen-bond donors (Lipinski definition) is 0. The number of nitrogens with zero attached hydrogens (tertiary/aromatic N) is 2. The number of halogens is 2. The number of unbranched alkanes of at least 4 members (excludes halogenated alkanes) is 3. The summed E-state index contributed by atoms with van der Waals surface area (Å²) in [7, 11) is 0. The van der Waals surface area contributed by atoms with Gasteiger partial charge < -0.3 is 4.57 Å². The van der Waals surface area contributed by atoms with Crippen molar-refractivity contribution in [2.45, 2.75) is 56.6 Å². The Hall–Kier alpha value is -0.640. The summed E-state index contributed by atoms with van der Waals surface area (Å²) in [5, 5.41) is 2.03. The summed E-state index contributed by atoms with van der Waals surface area (Å²) in [5.41, 5.74) is 1.16. The van der Waals surface area contributed by atoms with E-state index in [2.05, 4.69) is 16.5 Å². The molecule has 0 aliphatic carbocycles. The maximum atomic E-state index is 6.29. The molecule has 2 aromatic rings. The van der Waals surface area contributed by atoms with Gasteiger partial charge in [0.2, 0.25) is 0 Å². The molecule has 0 amide bonds. The summed E-state index contributed by atoms with van der Waals surface area (Å²) in [6.07, 6.45) is 12.2. The predicted octanol–water partition coefficient (Wildman–Crippen LogP) is 6.46.